The first-order valence-electron chi connectivity index (χ1n) is 10.1. The van der Waals surface area contributed by atoms with E-state index in [0.717, 1.165) is 16.7 Å². The SMILES string of the molecule is COC[C@](C)(C[C@@H](Cc1ccc(-c2cccc(Cl)c2)cc1)NC(=O)c1c[nH]nn1)C(=O)O. The number of carbonyl (C=O) groups excluding carboxylic acids is 1. The van der Waals surface area contributed by atoms with Crippen LogP contribution in [0.3, 0.4) is 0 Å². The molecule has 32 heavy (non-hydrogen) atoms. The average molecular weight is 457 g/mol. The van der Waals surface area contributed by atoms with Crippen LogP contribution in [0.15, 0.2) is 54.7 Å². The van der Waals surface area contributed by atoms with E-state index in [1.807, 2.05) is 48.5 Å². The van der Waals surface area contributed by atoms with Crippen LogP contribution in [-0.4, -0.2) is 52.2 Å². The summed E-state index contributed by atoms with van der Waals surface area (Å²) in [5.41, 5.74) is 1.92. The average Bonchev–Trinajstić information content (AvgIpc) is 3.29. The standard InChI is InChI=1S/C23H25ClN4O4/c1-23(14-32-2,22(30)31)12-19(26-21(29)20-13-25-28-27-20)10-15-6-8-16(9-7-15)17-4-3-5-18(24)11-17/h3-9,11,13,19H,10,12,14H2,1-2H3,(H,26,29)(H,30,31)(H,25,27,28)/t19-,23+/m1/s1. The van der Waals surface area contributed by atoms with Crippen molar-refractivity contribution in [2.24, 2.45) is 5.41 Å². The molecule has 0 bridgehead atoms. The van der Waals surface area contributed by atoms with E-state index in [4.69, 9.17) is 16.3 Å². The number of aromatic amines is 1. The lowest BCUT2D eigenvalue weighted by molar-refractivity contribution is -0.152. The summed E-state index contributed by atoms with van der Waals surface area (Å²) in [4.78, 5) is 24.5. The predicted octanol–water partition coefficient (Wildman–Crippen LogP) is 3.59. The molecule has 3 aromatic rings. The van der Waals surface area contributed by atoms with Crippen LogP contribution in [-0.2, 0) is 16.0 Å². The fourth-order valence-electron chi connectivity index (χ4n) is 3.60. The molecule has 0 radical (unpaired) electrons. The Kier molecular flexibility index (Phi) is 7.61. The number of benzene rings is 2. The number of rotatable bonds is 10. The summed E-state index contributed by atoms with van der Waals surface area (Å²) in [5.74, 6) is -1.42. The van der Waals surface area contributed by atoms with Crippen LogP contribution in [0.1, 0.15) is 29.4 Å². The Hall–Kier alpha value is -3.23. The third-order valence-corrected chi connectivity index (χ3v) is 5.49. The van der Waals surface area contributed by atoms with Crippen molar-refractivity contribution in [1.29, 1.82) is 0 Å². The maximum Gasteiger partial charge on any atom is 0.311 e. The monoisotopic (exact) mass is 456 g/mol. The molecule has 3 rings (SSSR count). The van der Waals surface area contributed by atoms with Gasteiger partial charge in [0.1, 0.15) is 0 Å². The normalized spacial score (nSPS) is 13.8. The van der Waals surface area contributed by atoms with E-state index < -0.39 is 23.3 Å². The van der Waals surface area contributed by atoms with Crippen molar-refractivity contribution < 1.29 is 19.4 Å². The lowest BCUT2D eigenvalue weighted by Gasteiger charge is -2.29. The van der Waals surface area contributed by atoms with Gasteiger partial charge in [0.25, 0.3) is 5.91 Å². The predicted molar refractivity (Wildman–Crippen MR) is 120 cm³/mol. The van der Waals surface area contributed by atoms with Crippen molar-refractivity contribution in [3.05, 3.63) is 71.0 Å². The summed E-state index contributed by atoms with van der Waals surface area (Å²) in [7, 11) is 1.46. The molecule has 1 amide bonds. The number of carboxylic acid groups (broad SMARTS) is 1. The van der Waals surface area contributed by atoms with Gasteiger partial charge in [-0.3, -0.25) is 14.7 Å². The smallest absolute Gasteiger partial charge is 0.311 e. The molecule has 0 spiro atoms. The number of methoxy groups -OCH3 is 1. The summed E-state index contributed by atoms with van der Waals surface area (Å²) in [6.45, 7) is 1.63. The topological polar surface area (TPSA) is 117 Å². The van der Waals surface area contributed by atoms with Crippen LogP contribution in [0.5, 0.6) is 0 Å². The molecule has 9 heteroatoms. The molecule has 0 aliphatic rings. The number of hydrogen-bond acceptors (Lipinski definition) is 5. The second-order valence-electron chi connectivity index (χ2n) is 7.94. The van der Waals surface area contributed by atoms with Gasteiger partial charge in [-0.05, 0) is 48.6 Å². The molecular formula is C23H25ClN4O4. The number of nitrogens with zero attached hydrogens (tertiary/aromatic N) is 2. The van der Waals surface area contributed by atoms with Gasteiger partial charge < -0.3 is 15.2 Å². The van der Waals surface area contributed by atoms with Crippen LogP contribution in [0.25, 0.3) is 11.1 Å². The molecule has 0 aliphatic carbocycles. The maximum absolute atomic E-state index is 12.6. The molecule has 0 aliphatic heterocycles. The third-order valence-electron chi connectivity index (χ3n) is 5.25. The summed E-state index contributed by atoms with van der Waals surface area (Å²) in [5, 5.41) is 23.1. The van der Waals surface area contributed by atoms with Gasteiger partial charge in [-0.25, -0.2) is 0 Å². The summed E-state index contributed by atoms with van der Waals surface area (Å²) in [6, 6.07) is 15.0. The van der Waals surface area contributed by atoms with E-state index >= 15 is 0 Å². The van der Waals surface area contributed by atoms with E-state index in [9.17, 15) is 14.7 Å². The van der Waals surface area contributed by atoms with E-state index in [1.54, 1.807) is 6.92 Å². The molecule has 2 aromatic carbocycles. The Labute approximate surface area is 190 Å². The number of nitrogens with one attached hydrogen (secondary N) is 2. The molecule has 0 unspecified atom stereocenters. The first-order valence-corrected chi connectivity index (χ1v) is 10.4. The molecule has 2 atom stereocenters. The molecular weight excluding hydrogens is 432 g/mol. The summed E-state index contributed by atoms with van der Waals surface area (Å²) < 4.78 is 5.14. The Morgan fingerprint density at radius 1 is 1.22 bits per heavy atom. The van der Waals surface area contributed by atoms with Gasteiger partial charge in [0.15, 0.2) is 5.69 Å². The van der Waals surface area contributed by atoms with E-state index in [0.29, 0.717) is 11.4 Å². The highest BCUT2D eigenvalue weighted by molar-refractivity contribution is 6.30. The van der Waals surface area contributed by atoms with Crippen LogP contribution >= 0.6 is 11.6 Å². The Morgan fingerprint density at radius 3 is 2.56 bits per heavy atom. The third kappa shape index (κ3) is 5.93. The van der Waals surface area contributed by atoms with Gasteiger partial charge in [-0.1, -0.05) is 53.2 Å². The van der Waals surface area contributed by atoms with E-state index in [2.05, 4.69) is 20.7 Å². The minimum Gasteiger partial charge on any atom is -0.481 e. The molecule has 0 saturated heterocycles. The molecule has 3 N–H and O–H groups in total. The van der Waals surface area contributed by atoms with Crippen molar-refractivity contribution in [3.63, 3.8) is 0 Å². The Balaban J connectivity index is 1.81. The number of carboxylic acids is 1. The van der Waals surface area contributed by atoms with Crippen LogP contribution < -0.4 is 5.32 Å². The van der Waals surface area contributed by atoms with Crippen LogP contribution in [0.2, 0.25) is 5.02 Å². The number of aromatic nitrogens is 3. The Morgan fingerprint density at radius 2 is 1.97 bits per heavy atom. The number of amides is 1. The highest BCUT2D eigenvalue weighted by Crippen LogP contribution is 2.27. The fourth-order valence-corrected chi connectivity index (χ4v) is 3.79. The fraction of sp³-hybridized carbons (Fsp3) is 0.304. The maximum atomic E-state index is 12.6. The second-order valence-corrected chi connectivity index (χ2v) is 8.38. The van der Waals surface area contributed by atoms with Crippen molar-refractivity contribution in [2.45, 2.75) is 25.8 Å². The van der Waals surface area contributed by atoms with Crippen LogP contribution in [0.4, 0.5) is 0 Å². The lowest BCUT2D eigenvalue weighted by Crippen LogP contribution is -2.44. The van der Waals surface area contributed by atoms with Gasteiger partial charge >= 0.3 is 5.97 Å². The second kappa shape index (κ2) is 10.4. The zero-order valence-electron chi connectivity index (χ0n) is 17.8. The zero-order valence-corrected chi connectivity index (χ0v) is 18.6. The Bertz CT molecular complexity index is 1060. The van der Waals surface area contributed by atoms with Gasteiger partial charge in [-0.2, -0.15) is 0 Å². The number of carbonyl (C=O) groups is 2. The van der Waals surface area contributed by atoms with Crippen molar-refractivity contribution in [1.82, 2.24) is 20.7 Å². The summed E-state index contributed by atoms with van der Waals surface area (Å²) >= 11 is 6.09. The van der Waals surface area contributed by atoms with Gasteiger partial charge in [0.2, 0.25) is 0 Å². The van der Waals surface area contributed by atoms with Gasteiger partial charge in [-0.15, -0.1) is 5.10 Å². The first kappa shape index (κ1) is 23.4. The quantitative estimate of drug-likeness (QED) is 0.429. The molecule has 1 heterocycles. The molecule has 1 aromatic heterocycles. The number of hydrogen-bond donors (Lipinski definition) is 3. The number of H-pyrrole nitrogens is 1. The highest BCUT2D eigenvalue weighted by Gasteiger charge is 2.36. The number of halogens is 1. The highest BCUT2D eigenvalue weighted by atomic mass is 35.5. The van der Waals surface area contributed by atoms with E-state index in [-0.39, 0.29) is 18.7 Å². The van der Waals surface area contributed by atoms with Crippen molar-refractivity contribution in [3.8, 4) is 11.1 Å². The lowest BCUT2D eigenvalue weighted by atomic mass is 9.82. The van der Waals surface area contributed by atoms with Gasteiger partial charge in [0, 0.05) is 18.2 Å². The number of ether oxygens (including phenoxy) is 1. The van der Waals surface area contributed by atoms with Gasteiger partial charge in [0.05, 0.1) is 18.2 Å². The van der Waals surface area contributed by atoms with Crippen molar-refractivity contribution in [2.75, 3.05) is 13.7 Å². The zero-order chi connectivity index (χ0) is 23.1. The molecule has 0 fully saturated rings. The molecule has 168 valence electrons. The largest absolute Gasteiger partial charge is 0.481 e. The first-order chi connectivity index (χ1) is 15.3. The van der Waals surface area contributed by atoms with E-state index in [1.165, 1.54) is 13.3 Å². The minimum atomic E-state index is -1.17. The summed E-state index contributed by atoms with van der Waals surface area (Å²) in [6.07, 6.45) is 2.00. The molecule has 0 saturated carbocycles. The van der Waals surface area contributed by atoms with Crippen LogP contribution in [0, 0.1) is 5.41 Å². The minimum absolute atomic E-state index is 0.0202. The number of aliphatic carboxylic acids is 1. The van der Waals surface area contributed by atoms with Crippen molar-refractivity contribution >= 4 is 23.5 Å². The molecule has 8 nitrogen and oxygen atoms in total.